The molecule has 0 aliphatic carbocycles. The molecule has 0 bridgehead atoms. The van der Waals surface area contributed by atoms with Gasteiger partial charge in [0.05, 0.1) is 33.8 Å². The highest BCUT2D eigenvalue weighted by molar-refractivity contribution is 8.55. The van der Waals surface area contributed by atoms with Crippen LogP contribution in [-0.2, 0) is 32.1 Å². The lowest BCUT2D eigenvalue weighted by atomic mass is 10.1. The molecule has 0 spiro atoms. The molecular weight excluding hydrogens is 486 g/mol. The summed E-state index contributed by atoms with van der Waals surface area (Å²) in [4.78, 5) is 3.38. The lowest BCUT2D eigenvalue weighted by molar-refractivity contribution is 0.0347. The largest absolute Gasteiger partial charge is 0.389 e. The smallest absolute Gasteiger partial charge is 0.376 e. The van der Waals surface area contributed by atoms with Crippen LogP contribution in [0.3, 0.4) is 0 Å². The van der Waals surface area contributed by atoms with Gasteiger partial charge in [-0.15, -0.1) is 0 Å². The van der Waals surface area contributed by atoms with E-state index >= 15 is 0 Å². The summed E-state index contributed by atoms with van der Waals surface area (Å²) in [6, 6.07) is 0.282. The molecule has 0 aromatic rings. The minimum absolute atomic E-state index is 0.0877. The van der Waals surface area contributed by atoms with Crippen molar-refractivity contribution in [2.24, 2.45) is 0 Å². The molecule has 0 N–H and O–H groups in total. The number of hydrogen-bond acceptors (Lipinski definition) is 9. The van der Waals surface area contributed by atoms with Crippen molar-refractivity contribution in [1.29, 1.82) is 0 Å². The van der Waals surface area contributed by atoms with Crippen molar-refractivity contribution < 1.29 is 36.2 Å². The summed E-state index contributed by atoms with van der Waals surface area (Å²) in [5.74, 6) is 0. The first kappa shape index (κ1) is 23.6. The second-order valence-electron chi connectivity index (χ2n) is 8.60. The first-order chi connectivity index (χ1) is 17.1. The maximum absolute atomic E-state index is 13.5. The van der Waals surface area contributed by atoms with Gasteiger partial charge in [0, 0.05) is 44.7 Å². The van der Waals surface area contributed by atoms with Gasteiger partial charge in [-0.3, -0.25) is 4.52 Å². The number of hydrogen-bond donors (Lipinski definition) is 0. The van der Waals surface area contributed by atoms with Crippen LogP contribution in [0.1, 0.15) is 58.0 Å². The Morgan fingerprint density at radius 3 is 2.70 bits per heavy atom. The van der Waals surface area contributed by atoms with E-state index in [9.17, 15) is 4.57 Å². The fourth-order valence-electron chi connectivity index (χ4n) is 3.92. The van der Waals surface area contributed by atoms with Gasteiger partial charge in [0.2, 0.25) is 6.54 Å². The topological polar surface area (TPSA) is 80.1 Å². The molecule has 3 saturated heterocycles. The third-order valence-corrected chi connectivity index (χ3v) is 11.8. The predicted octanol–water partition coefficient (Wildman–Crippen LogP) is 5.27. The second-order valence-corrected chi connectivity index (χ2v) is 14.2. The molecule has 33 heavy (non-hydrogen) atoms. The molecule has 3 aliphatic heterocycles. The Morgan fingerprint density at radius 1 is 1.27 bits per heavy atom. The van der Waals surface area contributed by atoms with E-state index in [1.807, 2.05) is 0 Å². The summed E-state index contributed by atoms with van der Waals surface area (Å²) in [5, 5.41) is -0.292. The molecule has 3 aliphatic rings. The van der Waals surface area contributed by atoms with E-state index < -0.39 is 52.9 Å². The van der Waals surface area contributed by atoms with Crippen LogP contribution >= 0.6 is 26.7 Å². The van der Waals surface area contributed by atoms with Gasteiger partial charge in [-0.2, -0.15) is 0 Å². The summed E-state index contributed by atoms with van der Waals surface area (Å²) >= 11 is 1.06. The van der Waals surface area contributed by atoms with Crippen LogP contribution in [-0.4, -0.2) is 79.3 Å². The fourth-order valence-corrected chi connectivity index (χ4v) is 10.2. The van der Waals surface area contributed by atoms with Gasteiger partial charge in [-0.1, -0.05) is 0 Å². The van der Waals surface area contributed by atoms with Crippen molar-refractivity contribution in [2.45, 2.75) is 95.6 Å². The summed E-state index contributed by atoms with van der Waals surface area (Å²) in [6.07, 6.45) is -1.09. The molecule has 1 unspecified atom stereocenters. The van der Waals surface area contributed by atoms with E-state index in [2.05, 4.69) is 37.2 Å². The van der Waals surface area contributed by atoms with Crippen molar-refractivity contribution in [3.8, 4) is 0 Å². The lowest BCUT2D eigenvalue weighted by Gasteiger charge is -2.39. The van der Waals surface area contributed by atoms with Crippen LogP contribution in [0.5, 0.6) is 0 Å². The lowest BCUT2D eigenvalue weighted by Crippen LogP contribution is -2.39. The summed E-state index contributed by atoms with van der Waals surface area (Å²) in [7, 11) is -1.51. The van der Waals surface area contributed by atoms with Gasteiger partial charge in [0.25, 0.3) is 8.53 Å². The SMILES string of the molecule is [2H]C[C@H]1O[C@H]([3H])C[C@@H]1O[P@]1(=O)OCC[C@H]([C@H]2O[C@H]([3H])C[C@@H]2OP(OCC[N+]#[C-])N(C(C)C)C(C)C)S1. The average Bonchev–Trinajstić information content (AvgIpc) is 3.33. The third kappa shape index (κ3) is 7.60. The first-order valence-corrected chi connectivity index (χ1v) is 15.5. The van der Waals surface area contributed by atoms with E-state index in [0.29, 0.717) is 12.8 Å². The Hall–Kier alpha value is 0.220. The highest BCUT2D eigenvalue weighted by atomic mass is 32.7. The third-order valence-electron chi connectivity index (χ3n) is 5.39. The standard InChI is InChI=1S/C21H38N2O7P2S/c1-15(2)23(16(3)4)31(27-14-10-22-6)29-19-8-12-26-21(19)20-9-13-28-32(24,33-20)30-18-7-11-25-17(18)5/h15-21H,7-14H2,1-5H3/t17-,18+,19+,20-,21+,31?,32+/m1/s1/i5D,11T,12T/t11-,12-,17-,18+,19+,20-,21+,31?,32+. The van der Waals surface area contributed by atoms with Gasteiger partial charge in [-0.25, -0.2) is 15.8 Å². The fraction of sp³-hybridized carbons (Fsp3) is 0.952. The molecule has 0 amide bonds. The zero-order valence-corrected chi connectivity index (χ0v) is 22.3. The molecule has 3 rings (SSSR count). The van der Waals surface area contributed by atoms with Crippen LogP contribution in [0.4, 0.5) is 0 Å². The number of rotatable bonds is 11. The van der Waals surface area contributed by atoms with Gasteiger partial charge in [0.1, 0.15) is 6.61 Å². The van der Waals surface area contributed by atoms with Gasteiger partial charge >= 0.3 is 6.80 Å². The normalized spacial score (nSPS) is 41.8. The van der Waals surface area contributed by atoms with Gasteiger partial charge in [0.15, 0.2) is 0 Å². The first-order valence-electron chi connectivity index (χ1n) is 13.2. The average molecular weight is 530 g/mol. The predicted molar refractivity (Wildman–Crippen MR) is 130 cm³/mol. The molecule has 3 fully saturated rings. The van der Waals surface area contributed by atoms with Crippen LogP contribution in [0.25, 0.3) is 4.85 Å². The molecule has 0 aromatic carbocycles. The van der Waals surface area contributed by atoms with Crippen molar-refractivity contribution >= 4 is 26.7 Å². The monoisotopic (exact) mass is 529 g/mol. The Kier molecular flexibility index (Phi) is 9.27. The van der Waals surface area contributed by atoms with Crippen molar-refractivity contribution in [1.82, 2.24) is 4.67 Å². The van der Waals surface area contributed by atoms with Gasteiger partial charge < -0.3 is 27.9 Å². The number of ether oxygens (including phenoxy) is 2. The molecule has 3 heterocycles. The van der Waals surface area contributed by atoms with Crippen molar-refractivity contribution in [3.05, 3.63) is 11.4 Å². The van der Waals surface area contributed by atoms with E-state index in [-0.39, 0.29) is 50.4 Å². The Morgan fingerprint density at radius 2 is 2.00 bits per heavy atom. The Labute approximate surface area is 207 Å². The van der Waals surface area contributed by atoms with Crippen LogP contribution in [0.15, 0.2) is 0 Å². The maximum atomic E-state index is 13.5. The minimum atomic E-state index is -3.60. The van der Waals surface area contributed by atoms with Crippen LogP contribution < -0.4 is 0 Å². The molecule has 0 aromatic heterocycles. The zero-order chi connectivity index (χ0) is 26.5. The van der Waals surface area contributed by atoms with Crippen LogP contribution in [0, 0.1) is 6.57 Å². The number of nitrogens with zero attached hydrogens (tertiary/aromatic N) is 2. The Bertz CT molecular complexity index is 791. The molecule has 0 saturated carbocycles. The van der Waals surface area contributed by atoms with E-state index in [1.165, 1.54) is 0 Å². The Balaban J connectivity index is 1.72. The van der Waals surface area contributed by atoms with Crippen molar-refractivity contribution in [3.63, 3.8) is 0 Å². The molecule has 12 heteroatoms. The van der Waals surface area contributed by atoms with Crippen molar-refractivity contribution in [2.75, 3.05) is 32.9 Å². The zero-order valence-electron chi connectivity index (χ0n) is 22.7. The maximum Gasteiger partial charge on any atom is 0.389 e. The molecule has 0 radical (unpaired) electrons. The van der Waals surface area contributed by atoms with Gasteiger partial charge in [-0.05, 0) is 52.4 Å². The second kappa shape index (κ2) is 13.0. The molecule has 9 nitrogen and oxygen atoms in total. The van der Waals surface area contributed by atoms with Crippen LogP contribution in [0.2, 0.25) is 0 Å². The van der Waals surface area contributed by atoms with E-state index in [0.717, 1.165) is 11.4 Å². The summed E-state index contributed by atoms with van der Waals surface area (Å²) in [5.41, 5.74) is 0. The summed E-state index contributed by atoms with van der Waals surface area (Å²) < 4.78 is 74.7. The summed E-state index contributed by atoms with van der Waals surface area (Å²) in [6.45, 7) is 10.7. The highest BCUT2D eigenvalue weighted by Crippen LogP contribution is 2.67. The van der Waals surface area contributed by atoms with E-state index in [4.69, 9.17) is 38.3 Å². The minimum Gasteiger partial charge on any atom is -0.376 e. The highest BCUT2D eigenvalue weighted by Gasteiger charge is 2.47. The molecule has 9 atom stereocenters. The van der Waals surface area contributed by atoms with E-state index in [1.54, 1.807) is 0 Å². The molecular formula is C21H38N2O7P2S. The molecule has 190 valence electrons. The quantitative estimate of drug-likeness (QED) is 0.202.